The van der Waals surface area contributed by atoms with Crippen LogP contribution in [0.2, 0.25) is 0 Å². The lowest BCUT2D eigenvalue weighted by Gasteiger charge is -2.15. The van der Waals surface area contributed by atoms with Crippen molar-refractivity contribution in [3.05, 3.63) is 23.3 Å². The second kappa shape index (κ2) is 4.41. The third kappa shape index (κ3) is 2.15. The monoisotopic (exact) mass is 246 g/mol. The number of nitrogens with zero attached hydrogens (tertiary/aromatic N) is 4. The molecule has 0 bridgehead atoms. The summed E-state index contributed by atoms with van der Waals surface area (Å²) in [5, 5.41) is 0.989. The van der Waals surface area contributed by atoms with Gasteiger partial charge in [-0.1, -0.05) is 0 Å². The van der Waals surface area contributed by atoms with Crippen molar-refractivity contribution in [1.29, 1.82) is 0 Å². The first-order chi connectivity index (χ1) is 8.33. The Balaban J connectivity index is 1.84. The standard InChI is InChI=1S/C12H14N4S/c1-9-14-12(15-17-9)10-4-5-11(13-8-10)16-6-2-3-7-16/h4-5,8H,2-3,6-7H2,1H3. The zero-order chi connectivity index (χ0) is 11.7. The number of aryl methyl sites for hydroxylation is 1. The fourth-order valence-corrected chi connectivity index (χ4v) is 2.56. The van der Waals surface area contributed by atoms with Crippen molar-refractivity contribution in [2.75, 3.05) is 18.0 Å². The van der Waals surface area contributed by atoms with Crippen LogP contribution in [0.25, 0.3) is 11.4 Å². The zero-order valence-electron chi connectivity index (χ0n) is 9.76. The number of hydrogen-bond donors (Lipinski definition) is 0. The van der Waals surface area contributed by atoms with Crippen molar-refractivity contribution in [2.24, 2.45) is 0 Å². The van der Waals surface area contributed by atoms with E-state index < -0.39 is 0 Å². The molecule has 4 nitrogen and oxygen atoms in total. The van der Waals surface area contributed by atoms with Gasteiger partial charge in [0.1, 0.15) is 10.8 Å². The van der Waals surface area contributed by atoms with E-state index in [2.05, 4.69) is 31.4 Å². The van der Waals surface area contributed by atoms with Gasteiger partial charge in [-0.25, -0.2) is 9.97 Å². The molecule has 0 radical (unpaired) electrons. The molecule has 0 saturated carbocycles. The van der Waals surface area contributed by atoms with Crippen LogP contribution < -0.4 is 4.90 Å². The number of hydrogen-bond acceptors (Lipinski definition) is 5. The van der Waals surface area contributed by atoms with Crippen molar-refractivity contribution in [1.82, 2.24) is 14.3 Å². The highest BCUT2D eigenvalue weighted by Gasteiger charge is 2.13. The van der Waals surface area contributed by atoms with E-state index in [1.807, 2.05) is 13.1 Å². The summed E-state index contributed by atoms with van der Waals surface area (Å²) >= 11 is 1.43. The minimum absolute atomic E-state index is 0.785. The van der Waals surface area contributed by atoms with E-state index in [4.69, 9.17) is 0 Å². The molecule has 2 aromatic heterocycles. The quantitative estimate of drug-likeness (QED) is 0.816. The minimum Gasteiger partial charge on any atom is -0.357 e. The summed E-state index contributed by atoms with van der Waals surface area (Å²) in [6, 6.07) is 4.12. The lowest BCUT2D eigenvalue weighted by atomic mass is 10.2. The van der Waals surface area contributed by atoms with Gasteiger partial charge in [-0.15, -0.1) is 0 Å². The number of aromatic nitrogens is 3. The molecular weight excluding hydrogens is 232 g/mol. The Morgan fingerprint density at radius 2 is 2.06 bits per heavy atom. The molecule has 88 valence electrons. The average Bonchev–Trinajstić information content (AvgIpc) is 3.00. The van der Waals surface area contributed by atoms with Gasteiger partial charge in [0, 0.05) is 24.8 Å². The van der Waals surface area contributed by atoms with Gasteiger partial charge in [0.25, 0.3) is 0 Å². The molecule has 3 rings (SSSR count). The van der Waals surface area contributed by atoms with E-state index in [9.17, 15) is 0 Å². The first kappa shape index (κ1) is 10.7. The highest BCUT2D eigenvalue weighted by atomic mass is 32.1. The molecule has 1 fully saturated rings. The molecule has 0 aliphatic carbocycles. The fraction of sp³-hybridized carbons (Fsp3) is 0.417. The van der Waals surface area contributed by atoms with Gasteiger partial charge in [-0.3, -0.25) is 0 Å². The molecule has 0 spiro atoms. The SMILES string of the molecule is Cc1nc(-c2ccc(N3CCCC3)nc2)ns1. The molecular formula is C12H14N4S. The highest BCUT2D eigenvalue weighted by molar-refractivity contribution is 7.05. The van der Waals surface area contributed by atoms with Crippen LogP contribution in [0.1, 0.15) is 17.8 Å². The number of rotatable bonds is 2. The van der Waals surface area contributed by atoms with Crippen molar-refractivity contribution < 1.29 is 0 Å². The van der Waals surface area contributed by atoms with Gasteiger partial charge in [-0.05, 0) is 43.4 Å². The molecule has 0 aromatic carbocycles. The highest BCUT2D eigenvalue weighted by Crippen LogP contribution is 2.21. The molecule has 3 heterocycles. The molecule has 1 aliphatic rings. The average molecular weight is 246 g/mol. The van der Waals surface area contributed by atoms with Gasteiger partial charge in [0.2, 0.25) is 0 Å². The predicted molar refractivity (Wildman–Crippen MR) is 69.3 cm³/mol. The van der Waals surface area contributed by atoms with E-state index in [1.54, 1.807) is 0 Å². The van der Waals surface area contributed by atoms with Crippen LogP contribution >= 0.6 is 11.5 Å². The zero-order valence-corrected chi connectivity index (χ0v) is 10.6. The Hall–Kier alpha value is -1.49. The maximum Gasteiger partial charge on any atom is 0.174 e. The van der Waals surface area contributed by atoms with Crippen LogP contribution in [0.3, 0.4) is 0 Å². The lowest BCUT2D eigenvalue weighted by Crippen LogP contribution is -2.18. The molecule has 0 atom stereocenters. The number of pyridine rings is 1. The number of anilines is 1. The minimum atomic E-state index is 0.785. The predicted octanol–water partition coefficient (Wildman–Crippen LogP) is 2.51. The summed E-state index contributed by atoms with van der Waals surface area (Å²) in [6.07, 6.45) is 4.42. The first-order valence-electron chi connectivity index (χ1n) is 5.84. The van der Waals surface area contributed by atoms with E-state index in [0.717, 1.165) is 35.3 Å². The van der Waals surface area contributed by atoms with Gasteiger partial charge in [0.15, 0.2) is 5.82 Å². The first-order valence-corrected chi connectivity index (χ1v) is 6.62. The Morgan fingerprint density at radius 3 is 2.65 bits per heavy atom. The summed E-state index contributed by atoms with van der Waals surface area (Å²) in [7, 11) is 0. The Labute approximate surface area is 105 Å². The molecule has 0 unspecified atom stereocenters. The van der Waals surface area contributed by atoms with Crippen molar-refractivity contribution >= 4 is 17.4 Å². The van der Waals surface area contributed by atoms with Crippen LogP contribution in [0.5, 0.6) is 0 Å². The lowest BCUT2D eigenvalue weighted by molar-refractivity contribution is 0.937. The van der Waals surface area contributed by atoms with Gasteiger partial charge >= 0.3 is 0 Å². The maximum atomic E-state index is 4.50. The Bertz CT molecular complexity index is 499. The summed E-state index contributed by atoms with van der Waals surface area (Å²) < 4.78 is 4.29. The summed E-state index contributed by atoms with van der Waals surface area (Å²) in [4.78, 5) is 11.2. The second-order valence-corrected chi connectivity index (χ2v) is 5.19. The summed E-state index contributed by atoms with van der Waals surface area (Å²) in [5.74, 6) is 1.85. The van der Waals surface area contributed by atoms with E-state index in [-0.39, 0.29) is 0 Å². The van der Waals surface area contributed by atoms with E-state index >= 15 is 0 Å². The molecule has 0 N–H and O–H groups in total. The second-order valence-electron chi connectivity index (χ2n) is 4.24. The molecule has 2 aromatic rings. The van der Waals surface area contributed by atoms with Crippen LogP contribution in [-0.2, 0) is 0 Å². The molecule has 1 saturated heterocycles. The van der Waals surface area contributed by atoms with Crippen molar-refractivity contribution in [2.45, 2.75) is 19.8 Å². The van der Waals surface area contributed by atoms with E-state index in [1.165, 1.54) is 24.4 Å². The topological polar surface area (TPSA) is 41.9 Å². The normalized spacial score (nSPS) is 15.5. The molecule has 0 amide bonds. The van der Waals surface area contributed by atoms with Gasteiger partial charge < -0.3 is 4.90 Å². The molecule has 1 aliphatic heterocycles. The maximum absolute atomic E-state index is 4.50. The largest absolute Gasteiger partial charge is 0.357 e. The summed E-state index contributed by atoms with van der Waals surface area (Å²) in [5.41, 5.74) is 0.997. The molecule has 5 heteroatoms. The van der Waals surface area contributed by atoms with Crippen molar-refractivity contribution in [3.8, 4) is 11.4 Å². The van der Waals surface area contributed by atoms with Gasteiger partial charge in [0.05, 0.1) is 0 Å². The smallest absolute Gasteiger partial charge is 0.174 e. The van der Waals surface area contributed by atoms with Crippen LogP contribution in [0.15, 0.2) is 18.3 Å². The molecule has 17 heavy (non-hydrogen) atoms. The Morgan fingerprint density at radius 1 is 1.24 bits per heavy atom. The van der Waals surface area contributed by atoms with Crippen LogP contribution in [0, 0.1) is 6.92 Å². The Kier molecular flexibility index (Phi) is 2.76. The third-order valence-electron chi connectivity index (χ3n) is 2.96. The third-order valence-corrected chi connectivity index (χ3v) is 3.58. The van der Waals surface area contributed by atoms with Crippen LogP contribution in [0.4, 0.5) is 5.82 Å². The van der Waals surface area contributed by atoms with Crippen molar-refractivity contribution in [3.63, 3.8) is 0 Å². The summed E-state index contributed by atoms with van der Waals surface area (Å²) in [6.45, 7) is 4.22. The fourth-order valence-electron chi connectivity index (χ4n) is 2.07. The van der Waals surface area contributed by atoms with Gasteiger partial charge in [-0.2, -0.15) is 4.37 Å². The van der Waals surface area contributed by atoms with Crippen LogP contribution in [-0.4, -0.2) is 27.4 Å². The van der Waals surface area contributed by atoms with E-state index in [0.29, 0.717) is 0 Å².